The van der Waals surface area contributed by atoms with Gasteiger partial charge in [0, 0.05) is 18.6 Å². The Balaban J connectivity index is 5.06. The summed E-state index contributed by atoms with van der Waals surface area (Å²) in [6, 6.07) is -0.243. The molecular formula is C34H72N4O. The molecule has 0 aromatic carbocycles. The van der Waals surface area contributed by atoms with E-state index in [2.05, 4.69) is 31.4 Å². The van der Waals surface area contributed by atoms with Gasteiger partial charge in [-0.25, -0.2) is 0 Å². The summed E-state index contributed by atoms with van der Waals surface area (Å²) >= 11 is 0. The molecule has 0 aromatic heterocycles. The smallest absolute Gasteiger partial charge is 0.234 e. The molecule has 5 nitrogen and oxygen atoms in total. The molecule has 0 aromatic rings. The van der Waals surface area contributed by atoms with E-state index in [4.69, 9.17) is 11.5 Å². The minimum Gasteiger partial charge on any atom is -0.368 e. The molecule has 5 heteroatoms. The third-order valence-corrected chi connectivity index (χ3v) is 8.58. The van der Waals surface area contributed by atoms with Gasteiger partial charge in [-0.3, -0.25) is 4.79 Å². The second-order valence-corrected chi connectivity index (χ2v) is 12.3. The molecule has 0 aliphatic carbocycles. The van der Waals surface area contributed by atoms with E-state index in [0.29, 0.717) is 6.54 Å². The summed E-state index contributed by atoms with van der Waals surface area (Å²) in [6.07, 6.45) is 32.4. The van der Waals surface area contributed by atoms with Gasteiger partial charge in [0.15, 0.2) is 0 Å². The predicted octanol–water partition coefficient (Wildman–Crippen LogP) is 8.53. The summed E-state index contributed by atoms with van der Waals surface area (Å²) < 4.78 is 0. The second kappa shape index (κ2) is 28.9. The van der Waals surface area contributed by atoms with Crippen molar-refractivity contribution in [2.75, 3.05) is 19.6 Å². The molecule has 1 atom stereocenters. The molecule has 0 saturated carbocycles. The fourth-order valence-corrected chi connectivity index (χ4v) is 5.96. The number of primary amides is 1. The molecule has 0 unspecified atom stereocenters. The Morgan fingerprint density at radius 3 is 1.38 bits per heavy atom. The normalized spacial score (nSPS) is 12.7. The zero-order chi connectivity index (χ0) is 28.9. The minimum absolute atomic E-state index is 0.236. The van der Waals surface area contributed by atoms with Gasteiger partial charge in [-0.15, -0.1) is 0 Å². The van der Waals surface area contributed by atoms with Crippen LogP contribution in [-0.2, 0) is 4.79 Å². The zero-order valence-corrected chi connectivity index (χ0v) is 26.9. The summed E-state index contributed by atoms with van der Waals surface area (Å²) in [5.41, 5.74) is 11.6. The molecule has 0 rings (SSSR count). The Morgan fingerprint density at radius 2 is 1.00 bits per heavy atom. The summed E-state index contributed by atoms with van der Waals surface area (Å²) in [4.78, 5) is 12.0. The van der Waals surface area contributed by atoms with E-state index >= 15 is 0 Å². The van der Waals surface area contributed by atoms with Gasteiger partial charge in [0.1, 0.15) is 0 Å². The quantitative estimate of drug-likeness (QED) is 0.0629. The fraction of sp³-hybridized carbons (Fsp3) is 0.971. The summed E-state index contributed by atoms with van der Waals surface area (Å²) in [5.74, 6) is -0.236. The van der Waals surface area contributed by atoms with Crippen LogP contribution in [0.25, 0.3) is 0 Å². The van der Waals surface area contributed by atoms with Crippen molar-refractivity contribution >= 4 is 5.91 Å². The number of hydrogen-bond donors (Lipinski definition) is 4. The topological polar surface area (TPSA) is 93.2 Å². The van der Waals surface area contributed by atoms with Crippen LogP contribution in [0, 0.1) is 0 Å². The van der Waals surface area contributed by atoms with Crippen molar-refractivity contribution in [2.45, 2.75) is 193 Å². The molecule has 0 bridgehead atoms. The number of rotatable bonds is 32. The van der Waals surface area contributed by atoms with E-state index in [1.807, 2.05) is 0 Å². The van der Waals surface area contributed by atoms with Crippen LogP contribution >= 0.6 is 0 Å². The van der Waals surface area contributed by atoms with E-state index in [9.17, 15) is 4.79 Å². The van der Waals surface area contributed by atoms with Crippen LogP contribution in [0.5, 0.6) is 0 Å². The van der Waals surface area contributed by atoms with Crippen LogP contribution in [0.4, 0.5) is 0 Å². The molecule has 0 aliphatic rings. The van der Waals surface area contributed by atoms with E-state index < -0.39 is 0 Å². The van der Waals surface area contributed by atoms with Crippen molar-refractivity contribution in [1.29, 1.82) is 0 Å². The van der Waals surface area contributed by atoms with Gasteiger partial charge in [0.25, 0.3) is 0 Å². The van der Waals surface area contributed by atoms with Crippen molar-refractivity contribution in [3.63, 3.8) is 0 Å². The van der Waals surface area contributed by atoms with Crippen LogP contribution in [0.1, 0.15) is 181 Å². The summed E-state index contributed by atoms with van der Waals surface area (Å²) in [5, 5.41) is 7.53. The average Bonchev–Trinajstić information content (AvgIpc) is 2.93. The van der Waals surface area contributed by atoms with Gasteiger partial charge in [-0.1, -0.05) is 149 Å². The highest BCUT2D eigenvalue weighted by Crippen LogP contribution is 2.29. The zero-order valence-electron chi connectivity index (χ0n) is 26.9. The van der Waals surface area contributed by atoms with Crippen LogP contribution in [0.3, 0.4) is 0 Å². The number of hydrogen-bond acceptors (Lipinski definition) is 4. The highest BCUT2D eigenvalue weighted by atomic mass is 16.1. The van der Waals surface area contributed by atoms with Crippen molar-refractivity contribution in [1.82, 2.24) is 10.6 Å². The Labute approximate surface area is 245 Å². The maximum Gasteiger partial charge on any atom is 0.234 e. The Morgan fingerprint density at radius 1 is 0.590 bits per heavy atom. The van der Waals surface area contributed by atoms with Crippen molar-refractivity contribution in [3.8, 4) is 0 Å². The lowest BCUT2D eigenvalue weighted by molar-refractivity contribution is -0.120. The van der Waals surface area contributed by atoms with Gasteiger partial charge >= 0.3 is 0 Å². The Kier molecular flexibility index (Phi) is 28.4. The standard InChI is InChI=1S/C34H72N4O/c1-4-7-10-13-16-19-23-28-34(26-21-17-14-11-8-5-2,27-22-18-15-12-9-6-3)38-31-30-37-32(33(36)39)25-20-24-29-35/h32,37-38H,4-31,35H2,1-3H3,(H2,36,39)/t32-/m0/s1. The second-order valence-electron chi connectivity index (χ2n) is 12.3. The molecule has 39 heavy (non-hydrogen) atoms. The largest absolute Gasteiger partial charge is 0.368 e. The average molecular weight is 553 g/mol. The molecule has 1 amide bonds. The molecule has 6 N–H and O–H groups in total. The first-order valence-corrected chi connectivity index (χ1v) is 17.5. The van der Waals surface area contributed by atoms with E-state index in [1.54, 1.807) is 0 Å². The van der Waals surface area contributed by atoms with Crippen LogP contribution in [0.15, 0.2) is 0 Å². The number of nitrogens with one attached hydrogen (secondary N) is 2. The maximum atomic E-state index is 12.0. The molecule has 0 heterocycles. The fourth-order valence-electron chi connectivity index (χ4n) is 5.96. The lowest BCUT2D eigenvalue weighted by atomic mass is 9.81. The van der Waals surface area contributed by atoms with Crippen LogP contribution in [-0.4, -0.2) is 37.1 Å². The van der Waals surface area contributed by atoms with E-state index in [-0.39, 0.29) is 17.5 Å². The monoisotopic (exact) mass is 553 g/mol. The molecular weight excluding hydrogens is 480 g/mol. The van der Waals surface area contributed by atoms with Crippen molar-refractivity contribution in [3.05, 3.63) is 0 Å². The first-order valence-electron chi connectivity index (χ1n) is 17.5. The number of amides is 1. The van der Waals surface area contributed by atoms with E-state index in [1.165, 1.54) is 141 Å². The number of carbonyl (C=O) groups excluding carboxylic acids is 1. The van der Waals surface area contributed by atoms with Gasteiger partial charge in [0.05, 0.1) is 6.04 Å². The van der Waals surface area contributed by atoms with E-state index in [0.717, 1.165) is 32.4 Å². The molecule has 234 valence electrons. The molecule has 0 radical (unpaired) electrons. The van der Waals surface area contributed by atoms with Gasteiger partial charge in [0.2, 0.25) is 5.91 Å². The van der Waals surface area contributed by atoms with Gasteiger partial charge in [-0.05, 0) is 38.6 Å². The Hall–Kier alpha value is -0.650. The first-order chi connectivity index (χ1) is 19.0. The summed E-state index contributed by atoms with van der Waals surface area (Å²) in [7, 11) is 0. The predicted molar refractivity (Wildman–Crippen MR) is 173 cm³/mol. The Bertz CT molecular complexity index is 497. The van der Waals surface area contributed by atoms with Gasteiger partial charge < -0.3 is 22.1 Å². The highest BCUT2D eigenvalue weighted by Gasteiger charge is 2.28. The van der Waals surface area contributed by atoms with Crippen LogP contribution in [0.2, 0.25) is 0 Å². The third kappa shape index (κ3) is 23.7. The molecule has 0 saturated heterocycles. The lowest BCUT2D eigenvalue weighted by Gasteiger charge is -2.36. The maximum absolute atomic E-state index is 12.0. The minimum atomic E-state index is -0.243. The molecule has 0 spiro atoms. The lowest BCUT2D eigenvalue weighted by Crippen LogP contribution is -2.50. The van der Waals surface area contributed by atoms with Gasteiger partial charge in [-0.2, -0.15) is 0 Å². The number of nitrogens with two attached hydrogens (primary N) is 2. The van der Waals surface area contributed by atoms with Crippen LogP contribution < -0.4 is 22.1 Å². The number of carbonyl (C=O) groups is 1. The number of unbranched alkanes of at least 4 members (excludes halogenated alkanes) is 17. The summed E-state index contributed by atoms with van der Waals surface area (Å²) in [6.45, 7) is 9.26. The third-order valence-electron chi connectivity index (χ3n) is 8.58. The SMILES string of the molecule is CCCCCCCCCC(CCCCCCCC)(CCCCCCCC)NCCN[C@@H](CCCCN)C(N)=O. The highest BCUT2D eigenvalue weighted by molar-refractivity contribution is 5.79. The van der Waals surface area contributed by atoms with Crippen molar-refractivity contribution in [2.24, 2.45) is 11.5 Å². The molecule has 0 aliphatic heterocycles. The van der Waals surface area contributed by atoms with Crippen molar-refractivity contribution < 1.29 is 4.79 Å². The first kappa shape index (κ1) is 38.4. The molecule has 0 fully saturated rings.